The Morgan fingerprint density at radius 1 is 0.920 bits per heavy atom. The summed E-state index contributed by atoms with van der Waals surface area (Å²) in [5.41, 5.74) is 3.24. The van der Waals surface area contributed by atoms with Crippen LogP contribution in [0.2, 0.25) is 0 Å². The molecule has 0 aliphatic heterocycles. The van der Waals surface area contributed by atoms with Gasteiger partial charge in [-0.05, 0) is 31.2 Å². The monoisotopic (exact) mass is 343 g/mol. The highest BCUT2D eigenvalue weighted by atomic mass is 19.1. The van der Waals surface area contributed by atoms with E-state index in [-0.39, 0.29) is 13.2 Å². The lowest BCUT2D eigenvalue weighted by Gasteiger charge is -2.05. The van der Waals surface area contributed by atoms with Crippen molar-refractivity contribution in [2.24, 2.45) is 0 Å². The Balaban J connectivity index is 0.00000108. The number of pyridine rings is 1. The summed E-state index contributed by atoms with van der Waals surface area (Å²) in [6.45, 7) is 10.4. The van der Waals surface area contributed by atoms with Gasteiger partial charge in [0.25, 0.3) is 0 Å². The largest absolute Gasteiger partial charge is 0.265 e. The Morgan fingerprint density at radius 2 is 1.56 bits per heavy atom. The Morgan fingerprint density at radius 3 is 2.16 bits per heavy atom. The first-order valence-corrected chi connectivity index (χ1v) is 8.43. The lowest BCUT2D eigenvalue weighted by molar-refractivity contribution is 0.580. The third kappa shape index (κ3) is 6.14. The molecule has 4 heteroatoms. The maximum Gasteiger partial charge on any atom is 0.128 e. The van der Waals surface area contributed by atoms with E-state index >= 15 is 0 Å². The minimum absolute atomic E-state index is 0. The van der Waals surface area contributed by atoms with Crippen LogP contribution in [0.1, 0.15) is 46.4 Å². The van der Waals surface area contributed by atoms with Crippen molar-refractivity contribution in [3.63, 3.8) is 0 Å². The van der Waals surface area contributed by atoms with Gasteiger partial charge in [0.2, 0.25) is 0 Å². The average Bonchev–Trinajstić information content (AvgIpc) is 3.02. The molecule has 0 aliphatic rings. The molecule has 25 heavy (non-hydrogen) atoms. The molecule has 3 aromatic rings. The van der Waals surface area contributed by atoms with Crippen LogP contribution in [-0.4, -0.2) is 14.8 Å². The molecule has 0 aliphatic carbocycles. The van der Waals surface area contributed by atoms with Gasteiger partial charge in [-0.1, -0.05) is 59.4 Å². The summed E-state index contributed by atoms with van der Waals surface area (Å²) >= 11 is 0. The van der Waals surface area contributed by atoms with E-state index in [4.69, 9.17) is 0 Å². The molecule has 0 amide bonds. The number of nitrogens with zero attached hydrogens (tertiary/aromatic N) is 3. The van der Waals surface area contributed by atoms with Gasteiger partial charge in [-0.25, -0.2) is 4.39 Å². The van der Waals surface area contributed by atoms with E-state index in [1.807, 2.05) is 65.0 Å². The zero-order valence-corrected chi connectivity index (χ0v) is 15.1. The lowest BCUT2D eigenvalue weighted by Crippen LogP contribution is -2.05. The predicted octanol–water partition coefficient (Wildman–Crippen LogP) is 6.13. The molecule has 0 N–H and O–H groups in total. The van der Waals surface area contributed by atoms with Gasteiger partial charge in [0.15, 0.2) is 0 Å². The van der Waals surface area contributed by atoms with Gasteiger partial charge in [0.05, 0.1) is 12.2 Å². The molecule has 0 atom stereocenters. The fourth-order valence-electron chi connectivity index (χ4n) is 2.10. The number of aryl methyl sites for hydroxylation is 1. The molecule has 0 bridgehead atoms. The van der Waals surface area contributed by atoms with Crippen molar-refractivity contribution in [2.75, 3.05) is 0 Å². The van der Waals surface area contributed by atoms with Gasteiger partial charge in [0.1, 0.15) is 11.5 Å². The fraction of sp³-hybridized carbons (Fsp3) is 0.333. The molecule has 0 saturated heterocycles. The first kappa shape index (κ1) is 22.5. The third-order valence-corrected chi connectivity index (χ3v) is 3.19. The van der Waals surface area contributed by atoms with Crippen molar-refractivity contribution < 1.29 is 4.39 Å². The molecule has 136 valence electrons. The smallest absolute Gasteiger partial charge is 0.128 e. The van der Waals surface area contributed by atoms with Crippen LogP contribution >= 0.6 is 0 Å². The predicted molar refractivity (Wildman–Crippen MR) is 105 cm³/mol. The molecule has 0 fully saturated rings. The van der Waals surface area contributed by atoms with Crippen LogP contribution < -0.4 is 0 Å². The number of rotatable bonds is 3. The number of hydrogen-bond donors (Lipinski definition) is 0. The third-order valence-electron chi connectivity index (χ3n) is 3.19. The summed E-state index contributed by atoms with van der Waals surface area (Å²) in [5.74, 6) is -0.207. The second-order valence-corrected chi connectivity index (χ2v) is 4.63. The lowest BCUT2D eigenvalue weighted by atomic mass is 10.2. The first-order valence-electron chi connectivity index (χ1n) is 8.43. The maximum atomic E-state index is 13.7. The Hall–Kier alpha value is -2.49. The van der Waals surface area contributed by atoms with Crippen LogP contribution in [0.4, 0.5) is 4.39 Å². The first-order chi connectivity index (χ1) is 11.7. The highest BCUT2D eigenvalue weighted by molar-refractivity contribution is 5.53. The van der Waals surface area contributed by atoms with Crippen LogP contribution in [0.3, 0.4) is 0 Å². The van der Waals surface area contributed by atoms with Crippen LogP contribution in [0.15, 0.2) is 54.7 Å². The second kappa shape index (κ2) is 12.0. The molecule has 0 unspecified atom stereocenters. The second-order valence-electron chi connectivity index (χ2n) is 4.63. The summed E-state index contributed by atoms with van der Waals surface area (Å²) < 4.78 is 15.5. The molecule has 2 heterocycles. The molecule has 0 saturated carbocycles. The van der Waals surface area contributed by atoms with E-state index < -0.39 is 0 Å². The quantitative estimate of drug-likeness (QED) is 0.573. The number of aromatic nitrogens is 3. The molecule has 0 spiro atoms. The van der Waals surface area contributed by atoms with Gasteiger partial charge in [0, 0.05) is 17.5 Å². The van der Waals surface area contributed by atoms with E-state index in [1.54, 1.807) is 23.0 Å². The Kier molecular flexibility index (Phi) is 10.8. The minimum atomic E-state index is -0.207. The topological polar surface area (TPSA) is 30.7 Å². The standard InChI is InChI=1S/C16H14FN3.2C2H6.CH4/c1-12-10-16(15-8-4-5-9-18-15)19-20(12)11-13-6-2-3-7-14(13)17;2*1-2;/h2-10H,11H2,1H3;2*1-2H3;1H4. The average molecular weight is 343 g/mol. The zero-order valence-electron chi connectivity index (χ0n) is 15.1. The van der Waals surface area contributed by atoms with Crippen molar-refractivity contribution in [2.45, 2.75) is 48.6 Å². The highest BCUT2D eigenvalue weighted by Gasteiger charge is 2.09. The van der Waals surface area contributed by atoms with Gasteiger partial charge in [-0.3, -0.25) is 9.67 Å². The van der Waals surface area contributed by atoms with Crippen LogP contribution in [0.25, 0.3) is 11.4 Å². The van der Waals surface area contributed by atoms with Crippen molar-refractivity contribution in [3.8, 4) is 11.4 Å². The summed E-state index contributed by atoms with van der Waals surface area (Å²) in [6.07, 6.45) is 1.74. The van der Waals surface area contributed by atoms with E-state index in [0.717, 1.165) is 17.1 Å². The van der Waals surface area contributed by atoms with Gasteiger partial charge in [-0.15, -0.1) is 0 Å². The summed E-state index contributed by atoms with van der Waals surface area (Å²) in [7, 11) is 0. The van der Waals surface area contributed by atoms with Gasteiger partial charge in [-0.2, -0.15) is 5.10 Å². The molecule has 3 rings (SSSR count). The van der Waals surface area contributed by atoms with E-state index in [9.17, 15) is 4.39 Å². The molecular weight excluding hydrogens is 313 g/mol. The normalized spacial score (nSPS) is 9.04. The summed E-state index contributed by atoms with van der Waals surface area (Å²) in [5, 5.41) is 4.50. The van der Waals surface area contributed by atoms with E-state index in [2.05, 4.69) is 10.1 Å². The number of halogens is 1. The molecule has 1 aromatic carbocycles. The van der Waals surface area contributed by atoms with Crippen LogP contribution in [0.5, 0.6) is 0 Å². The summed E-state index contributed by atoms with van der Waals surface area (Å²) in [6, 6.07) is 14.4. The fourth-order valence-corrected chi connectivity index (χ4v) is 2.10. The number of hydrogen-bond acceptors (Lipinski definition) is 2. The van der Waals surface area contributed by atoms with Crippen LogP contribution in [0, 0.1) is 12.7 Å². The van der Waals surface area contributed by atoms with Crippen molar-refractivity contribution in [1.29, 1.82) is 0 Å². The summed E-state index contributed by atoms with van der Waals surface area (Å²) in [4.78, 5) is 4.28. The molecule has 0 radical (unpaired) electrons. The SMILES string of the molecule is C.CC.CC.Cc1cc(-c2ccccn2)nn1Cc1ccccc1F. The van der Waals surface area contributed by atoms with E-state index in [1.165, 1.54) is 6.07 Å². The molecular formula is C21H30FN3. The molecule has 3 nitrogen and oxygen atoms in total. The van der Waals surface area contributed by atoms with Crippen LogP contribution in [-0.2, 0) is 6.54 Å². The van der Waals surface area contributed by atoms with Gasteiger partial charge < -0.3 is 0 Å². The van der Waals surface area contributed by atoms with Crippen molar-refractivity contribution >= 4 is 0 Å². The highest BCUT2D eigenvalue weighted by Crippen LogP contribution is 2.17. The Labute approximate surface area is 151 Å². The maximum absolute atomic E-state index is 13.7. The zero-order chi connectivity index (χ0) is 17.9. The van der Waals surface area contributed by atoms with Gasteiger partial charge >= 0.3 is 0 Å². The minimum Gasteiger partial charge on any atom is -0.265 e. The van der Waals surface area contributed by atoms with Crippen molar-refractivity contribution in [1.82, 2.24) is 14.8 Å². The Bertz CT molecular complexity index is 721. The van der Waals surface area contributed by atoms with E-state index in [0.29, 0.717) is 12.1 Å². The molecule has 2 aromatic heterocycles. The van der Waals surface area contributed by atoms with Crippen molar-refractivity contribution in [3.05, 3.63) is 71.8 Å². The number of benzene rings is 1.